The van der Waals surface area contributed by atoms with Crippen molar-refractivity contribution in [3.63, 3.8) is 0 Å². The standard InChI is InChI=1S/C24H19ClFN3O3/c1-2-31-23-12-17(8-10-22(23)32-15-18-5-3-4-6-20(18)25)14-28-29-24(30)19-9-7-16(13-27)11-21(19)26/h3-12,14H,2,15H2,1H3,(H,29,30)/b28-14-. The van der Waals surface area contributed by atoms with Gasteiger partial charge in [-0.05, 0) is 55.0 Å². The summed E-state index contributed by atoms with van der Waals surface area (Å²) in [7, 11) is 0. The molecule has 3 rings (SSSR count). The number of carbonyl (C=O) groups excluding carboxylic acids is 1. The summed E-state index contributed by atoms with van der Waals surface area (Å²) in [4.78, 5) is 12.1. The van der Waals surface area contributed by atoms with Crippen molar-refractivity contribution in [3.8, 4) is 17.6 Å². The Hall–Kier alpha value is -3.89. The number of rotatable bonds is 8. The lowest BCUT2D eigenvalue weighted by atomic mass is 10.1. The summed E-state index contributed by atoms with van der Waals surface area (Å²) >= 11 is 6.17. The van der Waals surface area contributed by atoms with E-state index < -0.39 is 11.7 Å². The Balaban J connectivity index is 1.68. The Morgan fingerprint density at radius 3 is 2.69 bits per heavy atom. The van der Waals surface area contributed by atoms with Crippen molar-refractivity contribution in [1.29, 1.82) is 5.26 Å². The number of ether oxygens (including phenoxy) is 2. The smallest absolute Gasteiger partial charge is 0.274 e. The molecule has 0 atom stereocenters. The molecule has 0 aromatic heterocycles. The summed E-state index contributed by atoms with van der Waals surface area (Å²) < 4.78 is 25.4. The van der Waals surface area contributed by atoms with Crippen molar-refractivity contribution >= 4 is 23.7 Å². The summed E-state index contributed by atoms with van der Waals surface area (Å²) in [5, 5.41) is 13.3. The first-order chi connectivity index (χ1) is 15.5. The predicted molar refractivity (Wildman–Crippen MR) is 120 cm³/mol. The Bertz CT molecular complexity index is 1190. The highest BCUT2D eigenvalue weighted by Gasteiger charge is 2.12. The molecule has 3 aromatic rings. The van der Waals surface area contributed by atoms with Gasteiger partial charge in [-0.15, -0.1) is 0 Å². The minimum atomic E-state index is -0.796. The summed E-state index contributed by atoms with van der Waals surface area (Å²) in [6.07, 6.45) is 1.40. The highest BCUT2D eigenvalue weighted by atomic mass is 35.5. The van der Waals surface area contributed by atoms with E-state index >= 15 is 0 Å². The minimum Gasteiger partial charge on any atom is -0.490 e. The number of nitrogens with one attached hydrogen (secondary N) is 1. The fraction of sp³-hybridized carbons (Fsp3) is 0.125. The quantitative estimate of drug-likeness (QED) is 0.382. The van der Waals surface area contributed by atoms with Crippen LogP contribution in [-0.2, 0) is 6.61 Å². The van der Waals surface area contributed by atoms with Crippen molar-refractivity contribution < 1.29 is 18.7 Å². The van der Waals surface area contributed by atoms with Gasteiger partial charge in [-0.25, -0.2) is 9.82 Å². The summed E-state index contributed by atoms with van der Waals surface area (Å²) in [5.74, 6) is -0.482. The van der Waals surface area contributed by atoms with E-state index in [1.54, 1.807) is 24.3 Å². The first kappa shape index (κ1) is 22.8. The molecule has 0 aliphatic heterocycles. The zero-order valence-corrected chi connectivity index (χ0v) is 17.9. The van der Waals surface area contributed by atoms with Gasteiger partial charge in [0.25, 0.3) is 5.91 Å². The largest absolute Gasteiger partial charge is 0.490 e. The summed E-state index contributed by atoms with van der Waals surface area (Å²) in [6, 6.07) is 18.0. The molecule has 0 saturated heterocycles. The van der Waals surface area contributed by atoms with Crippen LogP contribution < -0.4 is 14.9 Å². The molecule has 0 unspecified atom stereocenters. The van der Waals surface area contributed by atoms with Crippen LogP contribution in [0, 0.1) is 17.1 Å². The number of hydrogen-bond acceptors (Lipinski definition) is 5. The van der Waals surface area contributed by atoms with E-state index in [1.807, 2.05) is 31.2 Å². The van der Waals surface area contributed by atoms with Crippen LogP contribution >= 0.6 is 11.6 Å². The predicted octanol–water partition coefficient (Wildman–Crippen LogP) is 5.09. The number of amides is 1. The van der Waals surface area contributed by atoms with Crippen molar-refractivity contribution in [1.82, 2.24) is 5.43 Å². The van der Waals surface area contributed by atoms with Gasteiger partial charge in [0.05, 0.1) is 30.0 Å². The highest BCUT2D eigenvalue weighted by molar-refractivity contribution is 6.31. The molecule has 8 heteroatoms. The van der Waals surface area contributed by atoms with Gasteiger partial charge >= 0.3 is 0 Å². The van der Waals surface area contributed by atoms with Crippen LogP contribution in [0.1, 0.15) is 34.0 Å². The minimum absolute atomic E-state index is 0.128. The van der Waals surface area contributed by atoms with E-state index in [0.717, 1.165) is 11.6 Å². The molecule has 0 aliphatic carbocycles. The van der Waals surface area contributed by atoms with E-state index in [2.05, 4.69) is 10.5 Å². The van der Waals surface area contributed by atoms with Crippen LogP contribution in [0.5, 0.6) is 11.5 Å². The Morgan fingerprint density at radius 2 is 1.97 bits per heavy atom. The van der Waals surface area contributed by atoms with Crippen LogP contribution in [0.2, 0.25) is 5.02 Å². The van der Waals surface area contributed by atoms with Crippen LogP contribution in [0.25, 0.3) is 0 Å². The average molecular weight is 452 g/mol. The molecule has 1 amide bonds. The molecular weight excluding hydrogens is 433 g/mol. The van der Waals surface area contributed by atoms with Crippen LogP contribution in [0.4, 0.5) is 4.39 Å². The first-order valence-electron chi connectivity index (χ1n) is 9.68. The van der Waals surface area contributed by atoms with Gasteiger partial charge < -0.3 is 9.47 Å². The summed E-state index contributed by atoms with van der Waals surface area (Å²) in [6.45, 7) is 2.56. The van der Waals surface area contributed by atoms with Gasteiger partial charge in [-0.2, -0.15) is 10.4 Å². The molecule has 162 valence electrons. The average Bonchev–Trinajstić information content (AvgIpc) is 2.79. The SMILES string of the molecule is CCOc1cc(/C=N\NC(=O)c2ccc(C#N)cc2F)ccc1OCc1ccccc1Cl. The lowest BCUT2D eigenvalue weighted by Gasteiger charge is -2.13. The van der Waals surface area contributed by atoms with Crippen LogP contribution in [-0.4, -0.2) is 18.7 Å². The second-order valence-electron chi connectivity index (χ2n) is 6.52. The van der Waals surface area contributed by atoms with Gasteiger partial charge in [0.2, 0.25) is 0 Å². The number of hydrogen-bond donors (Lipinski definition) is 1. The third kappa shape index (κ3) is 5.84. The third-order valence-corrected chi connectivity index (χ3v) is 4.70. The number of hydrazone groups is 1. The van der Waals surface area contributed by atoms with Gasteiger partial charge in [0.1, 0.15) is 12.4 Å². The van der Waals surface area contributed by atoms with Crippen LogP contribution in [0.15, 0.2) is 65.8 Å². The Kier molecular flexibility index (Phi) is 7.79. The fourth-order valence-corrected chi connectivity index (χ4v) is 2.95. The van der Waals surface area contributed by atoms with Gasteiger partial charge in [-0.1, -0.05) is 29.8 Å². The van der Waals surface area contributed by atoms with Gasteiger partial charge in [0.15, 0.2) is 11.5 Å². The van der Waals surface area contributed by atoms with Crippen molar-refractivity contribution in [2.24, 2.45) is 5.10 Å². The topological polar surface area (TPSA) is 83.7 Å². The van der Waals surface area contributed by atoms with E-state index in [0.29, 0.717) is 28.7 Å². The molecule has 0 aliphatic rings. The van der Waals surface area contributed by atoms with Gasteiger partial charge in [0, 0.05) is 10.6 Å². The maximum atomic E-state index is 13.9. The number of nitriles is 1. The number of benzene rings is 3. The van der Waals surface area contributed by atoms with E-state index in [-0.39, 0.29) is 17.7 Å². The van der Waals surface area contributed by atoms with E-state index in [1.165, 1.54) is 18.3 Å². The van der Waals surface area contributed by atoms with Crippen molar-refractivity contribution in [2.75, 3.05) is 6.61 Å². The molecule has 0 spiro atoms. The molecule has 0 heterocycles. The zero-order chi connectivity index (χ0) is 22.9. The fourth-order valence-electron chi connectivity index (χ4n) is 2.76. The first-order valence-corrected chi connectivity index (χ1v) is 10.1. The normalized spacial score (nSPS) is 10.6. The molecule has 6 nitrogen and oxygen atoms in total. The maximum absolute atomic E-state index is 13.9. The molecule has 0 saturated carbocycles. The lowest BCUT2D eigenvalue weighted by Crippen LogP contribution is -2.19. The molecular formula is C24H19ClFN3O3. The lowest BCUT2D eigenvalue weighted by molar-refractivity contribution is 0.0951. The molecule has 1 N–H and O–H groups in total. The number of carbonyl (C=O) groups is 1. The molecule has 0 fully saturated rings. The number of nitrogens with zero attached hydrogens (tertiary/aromatic N) is 2. The molecule has 3 aromatic carbocycles. The third-order valence-electron chi connectivity index (χ3n) is 4.33. The summed E-state index contributed by atoms with van der Waals surface area (Å²) in [5.41, 5.74) is 3.67. The van der Waals surface area contributed by atoms with Gasteiger partial charge in [-0.3, -0.25) is 4.79 Å². The second kappa shape index (κ2) is 10.9. The second-order valence-corrected chi connectivity index (χ2v) is 6.93. The highest BCUT2D eigenvalue weighted by Crippen LogP contribution is 2.29. The maximum Gasteiger partial charge on any atom is 0.274 e. The zero-order valence-electron chi connectivity index (χ0n) is 17.1. The Labute approximate surface area is 189 Å². The van der Waals surface area contributed by atoms with Crippen molar-refractivity contribution in [2.45, 2.75) is 13.5 Å². The molecule has 0 bridgehead atoms. The van der Waals surface area contributed by atoms with Crippen molar-refractivity contribution in [3.05, 3.63) is 93.8 Å². The Morgan fingerprint density at radius 1 is 1.16 bits per heavy atom. The monoisotopic (exact) mass is 451 g/mol. The molecule has 0 radical (unpaired) electrons. The molecule has 32 heavy (non-hydrogen) atoms. The van der Waals surface area contributed by atoms with E-state index in [9.17, 15) is 9.18 Å². The van der Waals surface area contributed by atoms with Crippen LogP contribution in [0.3, 0.4) is 0 Å². The number of halogens is 2. The van der Waals surface area contributed by atoms with E-state index in [4.69, 9.17) is 26.3 Å².